The maximum Gasteiger partial charge on any atom is 0.243 e. The minimum Gasteiger partial charge on any atom is -0.493 e. The first-order valence-corrected chi connectivity index (χ1v) is 15.2. The molecule has 0 saturated carbocycles. The van der Waals surface area contributed by atoms with E-state index in [2.05, 4.69) is 22.0 Å². The second-order valence-electron chi connectivity index (χ2n) is 10.2. The molecule has 2 aliphatic heterocycles. The Morgan fingerprint density at radius 1 is 1.02 bits per heavy atom. The molecular formula is C31H31N5O5S. The number of ether oxygens (including phenoxy) is 3. The summed E-state index contributed by atoms with van der Waals surface area (Å²) in [5.74, 6) is 1.76. The van der Waals surface area contributed by atoms with Crippen LogP contribution >= 0.6 is 0 Å². The molecule has 1 saturated heterocycles. The van der Waals surface area contributed by atoms with Gasteiger partial charge in [-0.1, -0.05) is 12.1 Å². The number of imidazole rings is 1. The summed E-state index contributed by atoms with van der Waals surface area (Å²) in [5.41, 5.74) is 3.90. The van der Waals surface area contributed by atoms with Crippen molar-refractivity contribution in [3.8, 4) is 34.6 Å². The number of nitriles is 1. The third-order valence-electron chi connectivity index (χ3n) is 7.45. The van der Waals surface area contributed by atoms with Crippen LogP contribution in [0.5, 0.6) is 11.5 Å². The minimum atomic E-state index is -3.97. The summed E-state index contributed by atoms with van der Waals surface area (Å²) >= 11 is 0. The highest BCUT2D eigenvalue weighted by atomic mass is 32.2. The topological polar surface area (TPSA) is 110 Å². The van der Waals surface area contributed by atoms with E-state index in [1.807, 2.05) is 41.1 Å². The molecule has 0 atom stereocenters. The molecule has 1 aromatic heterocycles. The molecule has 0 N–H and O–H groups in total. The smallest absolute Gasteiger partial charge is 0.243 e. The van der Waals surface area contributed by atoms with Crippen molar-refractivity contribution in [1.29, 1.82) is 5.26 Å². The summed E-state index contributed by atoms with van der Waals surface area (Å²) in [4.78, 5) is 7.05. The van der Waals surface area contributed by atoms with Crippen molar-refractivity contribution < 1.29 is 22.6 Å². The van der Waals surface area contributed by atoms with Crippen molar-refractivity contribution in [3.05, 3.63) is 89.7 Å². The Labute approximate surface area is 245 Å². The van der Waals surface area contributed by atoms with Crippen LogP contribution in [0.2, 0.25) is 0 Å². The van der Waals surface area contributed by atoms with Gasteiger partial charge in [0.15, 0.2) is 11.5 Å². The van der Waals surface area contributed by atoms with E-state index in [0.717, 1.165) is 41.3 Å². The van der Waals surface area contributed by atoms with Crippen LogP contribution in [0.15, 0.2) is 78.0 Å². The van der Waals surface area contributed by atoms with E-state index in [-0.39, 0.29) is 30.2 Å². The van der Waals surface area contributed by atoms with E-state index in [1.165, 1.54) is 16.4 Å². The molecule has 10 nitrogen and oxygen atoms in total. The lowest BCUT2D eigenvalue weighted by molar-refractivity contribution is 0.0342. The van der Waals surface area contributed by atoms with E-state index in [1.54, 1.807) is 25.4 Å². The standard InChI is InChI=1S/C31H31N5O5S/c1-39-29-6-5-26-19-30(29)41-14-11-35(42(37,38)28-4-2-3-23(18-28)20-32)22-25-15-24(21-34-9-12-40-13-10-34)16-27(17-25)36-8-7-33-31(26)36/h2-8,15-19H,9-14,21-22H2,1H3. The number of fused-ring (bicyclic) bond motifs is 7. The minimum absolute atomic E-state index is 0.0621. The zero-order chi connectivity index (χ0) is 29.1. The highest BCUT2D eigenvalue weighted by Gasteiger charge is 2.27. The van der Waals surface area contributed by atoms with Gasteiger partial charge in [-0.3, -0.25) is 9.47 Å². The van der Waals surface area contributed by atoms with Gasteiger partial charge in [0.25, 0.3) is 0 Å². The molecule has 0 amide bonds. The Morgan fingerprint density at radius 2 is 1.88 bits per heavy atom. The van der Waals surface area contributed by atoms with Crippen LogP contribution in [0, 0.1) is 11.3 Å². The Morgan fingerprint density at radius 3 is 2.69 bits per heavy atom. The van der Waals surface area contributed by atoms with Gasteiger partial charge in [0.05, 0.1) is 36.9 Å². The van der Waals surface area contributed by atoms with Gasteiger partial charge in [-0.25, -0.2) is 13.4 Å². The largest absolute Gasteiger partial charge is 0.493 e. The van der Waals surface area contributed by atoms with Gasteiger partial charge >= 0.3 is 0 Å². The number of methoxy groups -OCH3 is 1. The molecule has 0 radical (unpaired) electrons. The second kappa shape index (κ2) is 12.0. The van der Waals surface area contributed by atoms with Crippen molar-refractivity contribution in [3.63, 3.8) is 0 Å². The van der Waals surface area contributed by atoms with Crippen LogP contribution in [0.3, 0.4) is 0 Å². The molecule has 0 spiro atoms. The predicted octanol–water partition coefficient (Wildman–Crippen LogP) is 3.84. The van der Waals surface area contributed by atoms with Crippen molar-refractivity contribution in [2.45, 2.75) is 18.0 Å². The summed E-state index contributed by atoms with van der Waals surface area (Å²) in [6.45, 7) is 4.03. The number of hydrogen-bond donors (Lipinski definition) is 0. The lowest BCUT2D eigenvalue weighted by atomic mass is 10.1. The molecule has 3 heterocycles. The van der Waals surface area contributed by atoms with E-state index >= 15 is 0 Å². The van der Waals surface area contributed by atoms with E-state index in [4.69, 9.17) is 14.2 Å². The summed E-state index contributed by atoms with van der Waals surface area (Å²) in [6, 6.07) is 19.9. The van der Waals surface area contributed by atoms with E-state index < -0.39 is 10.0 Å². The monoisotopic (exact) mass is 585 g/mol. The number of nitrogens with zero attached hydrogens (tertiary/aromatic N) is 5. The highest BCUT2D eigenvalue weighted by molar-refractivity contribution is 7.89. The fourth-order valence-electron chi connectivity index (χ4n) is 5.36. The first-order chi connectivity index (χ1) is 20.4. The number of morpholine rings is 1. The molecule has 216 valence electrons. The van der Waals surface area contributed by atoms with E-state index in [9.17, 15) is 13.7 Å². The lowest BCUT2D eigenvalue weighted by Gasteiger charge is -2.27. The quantitative estimate of drug-likeness (QED) is 0.348. The Balaban J connectivity index is 1.48. The van der Waals surface area contributed by atoms with Crippen LogP contribution in [0.25, 0.3) is 17.1 Å². The molecule has 0 unspecified atom stereocenters. The lowest BCUT2D eigenvalue weighted by Crippen LogP contribution is -2.36. The fraction of sp³-hybridized carbons (Fsp3) is 0.290. The number of benzene rings is 3. The van der Waals surface area contributed by atoms with Gasteiger partial charge in [-0.2, -0.15) is 9.57 Å². The van der Waals surface area contributed by atoms with Gasteiger partial charge < -0.3 is 14.2 Å². The highest BCUT2D eigenvalue weighted by Crippen LogP contribution is 2.34. The summed E-state index contributed by atoms with van der Waals surface area (Å²) in [6.07, 6.45) is 3.65. The van der Waals surface area contributed by atoms with Crippen LogP contribution in [-0.4, -0.2) is 73.7 Å². The first-order valence-electron chi connectivity index (χ1n) is 13.7. The third-order valence-corrected chi connectivity index (χ3v) is 9.29. The molecule has 1 fully saturated rings. The molecule has 4 aromatic rings. The average Bonchev–Trinajstić information content (AvgIpc) is 3.51. The molecule has 4 bridgehead atoms. The van der Waals surface area contributed by atoms with Crippen molar-refractivity contribution in [1.82, 2.24) is 18.8 Å². The zero-order valence-corrected chi connectivity index (χ0v) is 24.1. The molecular weight excluding hydrogens is 554 g/mol. The number of hydrogen-bond acceptors (Lipinski definition) is 8. The SMILES string of the molecule is COc1ccc2cc1OCCN(S(=O)(=O)c1cccc(C#N)c1)Cc1cc(CN3CCOCC3)cc(c1)-n1ccnc1-2. The third kappa shape index (κ3) is 5.75. The molecule has 42 heavy (non-hydrogen) atoms. The van der Waals surface area contributed by atoms with Gasteiger partial charge in [0.1, 0.15) is 12.4 Å². The molecule has 2 aliphatic rings. The van der Waals surface area contributed by atoms with Crippen molar-refractivity contribution in [2.75, 3.05) is 46.6 Å². The van der Waals surface area contributed by atoms with Gasteiger partial charge in [-0.15, -0.1) is 0 Å². The first kappa shape index (κ1) is 27.9. The van der Waals surface area contributed by atoms with Crippen LogP contribution in [0.4, 0.5) is 0 Å². The average molecular weight is 586 g/mol. The molecule has 3 aromatic carbocycles. The Kier molecular flexibility index (Phi) is 7.95. The number of rotatable bonds is 5. The summed E-state index contributed by atoms with van der Waals surface area (Å²) in [7, 11) is -2.41. The molecule has 6 rings (SSSR count). The van der Waals surface area contributed by atoms with Crippen LogP contribution in [0.1, 0.15) is 16.7 Å². The summed E-state index contributed by atoms with van der Waals surface area (Å²) in [5, 5.41) is 9.40. The Hall–Kier alpha value is -4.21. The maximum atomic E-state index is 14.0. The van der Waals surface area contributed by atoms with E-state index in [0.29, 0.717) is 31.3 Å². The van der Waals surface area contributed by atoms with Gasteiger partial charge in [0.2, 0.25) is 10.0 Å². The number of sulfonamides is 1. The van der Waals surface area contributed by atoms with Gasteiger partial charge in [0, 0.05) is 56.4 Å². The summed E-state index contributed by atoms with van der Waals surface area (Å²) < 4.78 is 48.6. The second-order valence-corrected chi connectivity index (χ2v) is 12.1. The van der Waals surface area contributed by atoms with Gasteiger partial charge in [-0.05, 0) is 59.7 Å². The molecule has 0 aliphatic carbocycles. The fourth-order valence-corrected chi connectivity index (χ4v) is 6.82. The maximum absolute atomic E-state index is 14.0. The van der Waals surface area contributed by atoms with Crippen molar-refractivity contribution in [2.24, 2.45) is 0 Å². The van der Waals surface area contributed by atoms with Crippen LogP contribution in [-0.2, 0) is 27.8 Å². The predicted molar refractivity (Wildman–Crippen MR) is 156 cm³/mol. The number of aromatic nitrogens is 2. The van der Waals surface area contributed by atoms with Crippen LogP contribution < -0.4 is 9.47 Å². The normalized spacial score (nSPS) is 16.2. The Bertz CT molecular complexity index is 1740. The van der Waals surface area contributed by atoms with Crippen molar-refractivity contribution >= 4 is 10.0 Å². The zero-order valence-electron chi connectivity index (χ0n) is 23.3. The molecule has 11 heteroatoms.